The molecule has 222 valence electrons. The summed E-state index contributed by atoms with van der Waals surface area (Å²) in [6.07, 6.45) is 1.72. The van der Waals surface area contributed by atoms with E-state index in [1.165, 1.54) is 4.57 Å². The number of amides is 2. The first-order chi connectivity index (χ1) is 20.7. The lowest BCUT2D eigenvalue weighted by molar-refractivity contribution is 0.0303. The SMILES string of the molecule is Cc1c(NC(=O)c2ccc(CC(C)O)cc2)cccc1-c1cn(C)c(=O)c(Nc2ccc(C(=O)N3CCOCC3)cc2)n1. The van der Waals surface area contributed by atoms with Gasteiger partial charge in [0.2, 0.25) is 0 Å². The summed E-state index contributed by atoms with van der Waals surface area (Å²) in [5.74, 6) is -0.171. The van der Waals surface area contributed by atoms with Crippen LogP contribution >= 0.6 is 0 Å². The van der Waals surface area contributed by atoms with Crippen molar-refractivity contribution in [1.82, 2.24) is 14.5 Å². The summed E-state index contributed by atoms with van der Waals surface area (Å²) < 4.78 is 6.79. The quantitative estimate of drug-likeness (QED) is 0.286. The predicted molar refractivity (Wildman–Crippen MR) is 166 cm³/mol. The van der Waals surface area contributed by atoms with Crippen molar-refractivity contribution in [3.63, 3.8) is 0 Å². The van der Waals surface area contributed by atoms with Crippen LogP contribution in [0.3, 0.4) is 0 Å². The summed E-state index contributed by atoms with van der Waals surface area (Å²) in [7, 11) is 1.66. The molecule has 1 saturated heterocycles. The smallest absolute Gasteiger partial charge is 0.293 e. The molecule has 0 spiro atoms. The molecule has 1 atom stereocenters. The first kappa shape index (κ1) is 29.7. The highest BCUT2D eigenvalue weighted by Gasteiger charge is 2.19. The second kappa shape index (κ2) is 13.0. The van der Waals surface area contributed by atoms with Crippen LogP contribution in [-0.4, -0.2) is 63.8 Å². The average molecular weight is 582 g/mol. The molecule has 5 rings (SSSR count). The number of ether oxygens (including phenoxy) is 1. The Morgan fingerprint density at radius 2 is 1.67 bits per heavy atom. The van der Waals surface area contributed by atoms with Gasteiger partial charge in [0.25, 0.3) is 17.4 Å². The minimum absolute atomic E-state index is 0.0540. The first-order valence-corrected chi connectivity index (χ1v) is 14.2. The third kappa shape index (κ3) is 6.99. The summed E-state index contributed by atoms with van der Waals surface area (Å²) in [4.78, 5) is 45.1. The van der Waals surface area contributed by atoms with E-state index in [-0.39, 0.29) is 23.2 Å². The van der Waals surface area contributed by atoms with Gasteiger partial charge in [0.15, 0.2) is 5.82 Å². The molecule has 4 aromatic rings. The highest BCUT2D eigenvalue weighted by Crippen LogP contribution is 2.28. The van der Waals surface area contributed by atoms with Crippen molar-refractivity contribution in [1.29, 1.82) is 0 Å². The molecule has 0 aliphatic carbocycles. The standard InChI is InChI=1S/C33H35N5O5/c1-21(39)19-23-7-9-24(10-8-23)31(40)36-28-6-4-5-27(22(28)2)29-20-37(3)33(42)30(35-29)34-26-13-11-25(12-14-26)32(41)38-15-17-43-18-16-38/h4-14,20-21,39H,15-19H2,1-3H3,(H,34,35)(H,36,40). The molecule has 0 bridgehead atoms. The molecule has 1 aliphatic heterocycles. The summed E-state index contributed by atoms with van der Waals surface area (Å²) in [5, 5.41) is 15.7. The number of aliphatic hydroxyl groups excluding tert-OH is 1. The van der Waals surface area contributed by atoms with Gasteiger partial charge in [-0.1, -0.05) is 24.3 Å². The number of morpholine rings is 1. The summed E-state index contributed by atoms with van der Waals surface area (Å²) in [6, 6.07) is 19.6. The zero-order valence-electron chi connectivity index (χ0n) is 24.5. The Bertz CT molecular complexity index is 1670. The van der Waals surface area contributed by atoms with E-state index in [1.807, 2.05) is 37.3 Å². The van der Waals surface area contributed by atoms with Crippen molar-refractivity contribution >= 4 is 29.0 Å². The maximum absolute atomic E-state index is 13.0. The van der Waals surface area contributed by atoms with Crippen molar-refractivity contribution < 1.29 is 19.4 Å². The largest absolute Gasteiger partial charge is 0.393 e. The second-order valence-corrected chi connectivity index (χ2v) is 10.7. The van der Waals surface area contributed by atoms with E-state index in [9.17, 15) is 19.5 Å². The summed E-state index contributed by atoms with van der Waals surface area (Å²) >= 11 is 0. The number of nitrogens with zero attached hydrogens (tertiary/aromatic N) is 3. The molecule has 1 fully saturated rings. The molecular formula is C33H35N5O5. The lowest BCUT2D eigenvalue weighted by atomic mass is 10.0. The number of rotatable bonds is 8. The van der Waals surface area contributed by atoms with E-state index in [0.717, 1.165) is 16.7 Å². The van der Waals surface area contributed by atoms with E-state index in [1.54, 1.807) is 61.5 Å². The third-order valence-corrected chi connectivity index (χ3v) is 7.37. The van der Waals surface area contributed by atoms with Gasteiger partial charge in [-0.15, -0.1) is 0 Å². The number of aromatic nitrogens is 2. The van der Waals surface area contributed by atoms with Crippen LogP contribution in [0.2, 0.25) is 0 Å². The van der Waals surface area contributed by atoms with Crippen LogP contribution in [0.15, 0.2) is 77.7 Å². The van der Waals surface area contributed by atoms with Gasteiger partial charge in [0.1, 0.15) is 0 Å². The van der Waals surface area contributed by atoms with Crippen LogP contribution in [0.5, 0.6) is 0 Å². The van der Waals surface area contributed by atoms with Crippen molar-refractivity contribution in [3.8, 4) is 11.3 Å². The monoisotopic (exact) mass is 581 g/mol. The van der Waals surface area contributed by atoms with Crippen LogP contribution in [0, 0.1) is 6.92 Å². The van der Waals surface area contributed by atoms with Crippen LogP contribution < -0.4 is 16.2 Å². The van der Waals surface area contributed by atoms with Crippen molar-refractivity contribution in [2.24, 2.45) is 7.05 Å². The van der Waals surface area contributed by atoms with Gasteiger partial charge < -0.3 is 29.9 Å². The van der Waals surface area contributed by atoms with E-state index in [4.69, 9.17) is 4.74 Å². The van der Waals surface area contributed by atoms with E-state index in [0.29, 0.717) is 60.9 Å². The number of anilines is 3. The highest BCUT2D eigenvalue weighted by molar-refractivity contribution is 6.05. The van der Waals surface area contributed by atoms with Crippen molar-refractivity contribution in [2.45, 2.75) is 26.4 Å². The number of hydrogen-bond donors (Lipinski definition) is 3. The maximum atomic E-state index is 13.0. The Morgan fingerprint density at radius 1 is 1.00 bits per heavy atom. The number of nitrogens with one attached hydrogen (secondary N) is 2. The fourth-order valence-corrected chi connectivity index (χ4v) is 4.98. The molecule has 3 aromatic carbocycles. The predicted octanol–water partition coefficient (Wildman–Crippen LogP) is 4.15. The van der Waals surface area contributed by atoms with Gasteiger partial charge in [0.05, 0.1) is 25.0 Å². The van der Waals surface area contributed by atoms with Crippen LogP contribution in [0.4, 0.5) is 17.2 Å². The molecule has 0 saturated carbocycles. The molecule has 10 heteroatoms. The lowest BCUT2D eigenvalue weighted by Crippen LogP contribution is -2.40. The van der Waals surface area contributed by atoms with E-state index >= 15 is 0 Å². The van der Waals surface area contributed by atoms with Crippen molar-refractivity contribution in [3.05, 3.63) is 106 Å². The van der Waals surface area contributed by atoms with E-state index in [2.05, 4.69) is 15.6 Å². The minimum atomic E-state index is -0.455. The zero-order chi connectivity index (χ0) is 30.5. The molecule has 0 radical (unpaired) electrons. The lowest BCUT2D eigenvalue weighted by Gasteiger charge is -2.26. The molecule has 10 nitrogen and oxygen atoms in total. The Kier molecular flexibility index (Phi) is 8.98. The topological polar surface area (TPSA) is 126 Å². The Balaban J connectivity index is 1.34. The van der Waals surface area contributed by atoms with Gasteiger partial charge in [-0.25, -0.2) is 4.98 Å². The van der Waals surface area contributed by atoms with E-state index < -0.39 is 6.10 Å². The number of aryl methyl sites for hydroxylation is 1. The molecule has 1 aliphatic rings. The number of hydrogen-bond acceptors (Lipinski definition) is 7. The van der Waals surface area contributed by atoms with Crippen LogP contribution in [-0.2, 0) is 18.2 Å². The van der Waals surface area contributed by atoms with Gasteiger partial charge in [-0.05, 0) is 73.9 Å². The van der Waals surface area contributed by atoms with Crippen molar-refractivity contribution in [2.75, 3.05) is 36.9 Å². The Hall–Kier alpha value is -4.80. The van der Waals surface area contributed by atoms with Crippen LogP contribution in [0.25, 0.3) is 11.3 Å². The normalized spacial score (nSPS) is 13.8. The molecule has 1 aromatic heterocycles. The zero-order valence-corrected chi connectivity index (χ0v) is 24.5. The number of aliphatic hydroxyl groups is 1. The molecule has 43 heavy (non-hydrogen) atoms. The minimum Gasteiger partial charge on any atom is -0.393 e. The van der Waals surface area contributed by atoms with Gasteiger partial charge >= 0.3 is 0 Å². The Morgan fingerprint density at radius 3 is 2.35 bits per heavy atom. The van der Waals surface area contributed by atoms with Gasteiger partial charge in [-0.3, -0.25) is 14.4 Å². The average Bonchev–Trinajstić information content (AvgIpc) is 3.01. The Labute approximate surface area is 250 Å². The number of benzene rings is 3. The fraction of sp³-hybridized carbons (Fsp3) is 0.273. The fourth-order valence-electron chi connectivity index (χ4n) is 4.98. The molecule has 1 unspecified atom stereocenters. The maximum Gasteiger partial charge on any atom is 0.293 e. The second-order valence-electron chi connectivity index (χ2n) is 10.7. The van der Waals surface area contributed by atoms with Gasteiger partial charge in [-0.2, -0.15) is 0 Å². The summed E-state index contributed by atoms with van der Waals surface area (Å²) in [5.41, 5.74) is 5.07. The summed E-state index contributed by atoms with van der Waals surface area (Å²) in [6.45, 7) is 5.81. The molecular weight excluding hydrogens is 546 g/mol. The molecule has 3 N–H and O–H groups in total. The van der Waals surface area contributed by atoms with Gasteiger partial charge in [0, 0.05) is 54.4 Å². The molecule has 2 amide bonds. The molecule has 2 heterocycles. The third-order valence-electron chi connectivity index (χ3n) is 7.37. The van der Waals surface area contributed by atoms with Crippen LogP contribution in [0.1, 0.15) is 38.8 Å². The number of carbonyl (C=O) groups excluding carboxylic acids is 2. The number of carbonyl (C=O) groups is 2. The first-order valence-electron chi connectivity index (χ1n) is 14.2. The highest BCUT2D eigenvalue weighted by atomic mass is 16.5.